The van der Waals surface area contributed by atoms with Gasteiger partial charge in [-0.05, 0) is 48.5 Å². The molecular formula is C23H14F2O4. The zero-order chi connectivity index (χ0) is 20.8. The number of hydrogen-bond donors (Lipinski definition) is 0. The molecule has 0 fully saturated rings. The maximum Gasteiger partial charge on any atom is 0.336 e. The van der Waals surface area contributed by atoms with Crippen LogP contribution in [0, 0.1) is 11.6 Å². The Balaban J connectivity index is 1.61. The fourth-order valence-electron chi connectivity index (χ4n) is 2.47. The second-order valence-electron chi connectivity index (χ2n) is 5.97. The number of benzene rings is 3. The molecule has 0 aliphatic rings. The first kappa shape index (κ1) is 19.8. The number of hydrogen-bond acceptors (Lipinski definition) is 4. The highest BCUT2D eigenvalue weighted by Crippen LogP contribution is 2.16. The van der Waals surface area contributed by atoms with Crippen LogP contribution >= 0.6 is 0 Å². The number of allylic oxidation sites excluding steroid dienone is 1. The van der Waals surface area contributed by atoms with Crippen molar-refractivity contribution in [2.75, 3.05) is 0 Å². The number of halogens is 2. The fraction of sp³-hybridized carbons (Fsp3) is 0. The highest BCUT2D eigenvalue weighted by Gasteiger charge is 2.10. The minimum Gasteiger partial charge on any atom is -0.423 e. The predicted octanol–water partition coefficient (Wildman–Crippen LogP) is 4.54. The molecule has 29 heavy (non-hydrogen) atoms. The van der Waals surface area contributed by atoms with Gasteiger partial charge in [0, 0.05) is 22.8 Å². The van der Waals surface area contributed by atoms with Crippen molar-refractivity contribution in [2.24, 2.45) is 0 Å². The molecule has 0 aliphatic heterocycles. The van der Waals surface area contributed by atoms with Crippen LogP contribution in [0.25, 0.3) is 0 Å². The Labute approximate surface area is 165 Å². The monoisotopic (exact) mass is 392 g/mol. The van der Waals surface area contributed by atoms with Crippen LogP contribution in [-0.4, -0.2) is 17.5 Å². The van der Waals surface area contributed by atoms with Gasteiger partial charge in [-0.3, -0.25) is 9.59 Å². The standard InChI is InChI=1S/C23H14F2O4/c24-19-11-8-17(14-20(19)25)21(26)12-13-22(27)29-18-9-6-16(7-10-18)23(28)15-4-2-1-3-5-15/h1-14H/b13-12+. The smallest absolute Gasteiger partial charge is 0.336 e. The first-order valence-electron chi connectivity index (χ1n) is 8.53. The Bertz CT molecular complexity index is 1090. The van der Waals surface area contributed by atoms with E-state index < -0.39 is 23.4 Å². The summed E-state index contributed by atoms with van der Waals surface area (Å²) in [7, 11) is 0. The molecule has 0 spiro atoms. The Kier molecular flexibility index (Phi) is 6.04. The van der Waals surface area contributed by atoms with Crippen molar-refractivity contribution in [1.29, 1.82) is 0 Å². The summed E-state index contributed by atoms with van der Waals surface area (Å²) in [4.78, 5) is 36.1. The number of esters is 1. The van der Waals surface area contributed by atoms with Crippen LogP contribution in [0.5, 0.6) is 5.75 Å². The molecule has 0 aliphatic carbocycles. The summed E-state index contributed by atoms with van der Waals surface area (Å²) in [6.45, 7) is 0. The first-order chi connectivity index (χ1) is 13.9. The molecule has 3 aromatic carbocycles. The van der Waals surface area contributed by atoms with Crippen LogP contribution < -0.4 is 4.74 Å². The van der Waals surface area contributed by atoms with Crippen LogP contribution in [0.15, 0.2) is 84.9 Å². The van der Waals surface area contributed by atoms with Crippen molar-refractivity contribution in [1.82, 2.24) is 0 Å². The third-order valence-electron chi connectivity index (χ3n) is 3.95. The van der Waals surface area contributed by atoms with Gasteiger partial charge in [-0.1, -0.05) is 30.3 Å². The molecule has 6 heteroatoms. The lowest BCUT2D eigenvalue weighted by atomic mass is 10.0. The highest BCUT2D eigenvalue weighted by atomic mass is 19.2. The summed E-state index contributed by atoms with van der Waals surface area (Å²) in [6.07, 6.45) is 1.79. The molecule has 3 aromatic rings. The van der Waals surface area contributed by atoms with E-state index in [2.05, 4.69) is 0 Å². The molecule has 0 unspecified atom stereocenters. The van der Waals surface area contributed by atoms with E-state index in [0.29, 0.717) is 11.1 Å². The van der Waals surface area contributed by atoms with E-state index in [-0.39, 0.29) is 17.1 Å². The number of rotatable bonds is 6. The van der Waals surface area contributed by atoms with E-state index in [9.17, 15) is 23.2 Å². The number of ketones is 2. The minimum absolute atomic E-state index is 0.100. The van der Waals surface area contributed by atoms with E-state index in [1.165, 1.54) is 24.3 Å². The predicted molar refractivity (Wildman–Crippen MR) is 102 cm³/mol. The molecule has 4 nitrogen and oxygen atoms in total. The molecule has 3 rings (SSSR count). The summed E-state index contributed by atoms with van der Waals surface area (Å²) in [5, 5.41) is 0. The molecule has 0 saturated carbocycles. The average Bonchev–Trinajstić information content (AvgIpc) is 2.74. The minimum atomic E-state index is -1.16. The van der Waals surface area contributed by atoms with Crippen molar-refractivity contribution < 1.29 is 27.9 Å². The molecule has 0 bridgehead atoms. The van der Waals surface area contributed by atoms with Gasteiger partial charge in [0.1, 0.15) is 5.75 Å². The Morgan fingerprint density at radius 3 is 1.97 bits per heavy atom. The lowest BCUT2D eigenvalue weighted by molar-refractivity contribution is -0.129. The molecule has 0 saturated heterocycles. The summed E-state index contributed by atoms with van der Waals surface area (Å²) >= 11 is 0. The van der Waals surface area contributed by atoms with Gasteiger partial charge in [0.05, 0.1) is 0 Å². The fourth-order valence-corrected chi connectivity index (χ4v) is 2.47. The molecular weight excluding hydrogens is 378 g/mol. The second kappa shape index (κ2) is 8.84. The van der Waals surface area contributed by atoms with Gasteiger partial charge >= 0.3 is 5.97 Å². The van der Waals surface area contributed by atoms with E-state index in [4.69, 9.17) is 4.74 Å². The summed E-state index contributed by atoms with van der Waals surface area (Å²) in [5.41, 5.74) is 0.868. The molecule has 144 valence electrons. The second-order valence-corrected chi connectivity index (χ2v) is 5.97. The van der Waals surface area contributed by atoms with Gasteiger partial charge in [-0.15, -0.1) is 0 Å². The molecule has 0 heterocycles. The van der Waals surface area contributed by atoms with Crippen LogP contribution in [0.4, 0.5) is 8.78 Å². The van der Waals surface area contributed by atoms with E-state index >= 15 is 0 Å². The number of carbonyl (C=O) groups excluding carboxylic acids is 3. The van der Waals surface area contributed by atoms with Gasteiger partial charge < -0.3 is 4.74 Å². The topological polar surface area (TPSA) is 60.4 Å². The van der Waals surface area contributed by atoms with E-state index in [1.807, 2.05) is 6.07 Å². The first-order valence-corrected chi connectivity index (χ1v) is 8.53. The summed E-state index contributed by atoms with van der Waals surface area (Å²) < 4.78 is 31.1. The number of ether oxygens (including phenoxy) is 1. The maximum atomic E-state index is 13.2. The molecule has 0 N–H and O–H groups in total. The van der Waals surface area contributed by atoms with Gasteiger partial charge in [-0.2, -0.15) is 0 Å². The molecule has 0 atom stereocenters. The van der Waals surface area contributed by atoms with Crippen LogP contribution in [0.1, 0.15) is 26.3 Å². The quantitative estimate of drug-likeness (QED) is 0.267. The zero-order valence-corrected chi connectivity index (χ0v) is 15.0. The maximum absolute atomic E-state index is 13.2. The third-order valence-corrected chi connectivity index (χ3v) is 3.95. The van der Waals surface area contributed by atoms with Crippen molar-refractivity contribution in [3.8, 4) is 5.75 Å². The molecule has 0 aromatic heterocycles. The lowest BCUT2D eigenvalue weighted by Crippen LogP contribution is -2.06. The van der Waals surface area contributed by atoms with E-state index in [0.717, 1.165) is 30.4 Å². The molecule has 0 radical (unpaired) electrons. The lowest BCUT2D eigenvalue weighted by Gasteiger charge is -2.04. The Morgan fingerprint density at radius 2 is 1.31 bits per heavy atom. The third kappa shape index (κ3) is 5.07. The highest BCUT2D eigenvalue weighted by molar-refractivity contribution is 6.09. The average molecular weight is 392 g/mol. The van der Waals surface area contributed by atoms with Crippen LogP contribution in [0.2, 0.25) is 0 Å². The zero-order valence-electron chi connectivity index (χ0n) is 15.0. The SMILES string of the molecule is O=C(/C=C/C(=O)c1ccc(F)c(F)c1)Oc1ccc(C(=O)c2ccccc2)cc1. The Morgan fingerprint density at radius 1 is 0.690 bits per heavy atom. The van der Waals surface area contributed by atoms with Crippen molar-refractivity contribution in [2.45, 2.75) is 0 Å². The van der Waals surface area contributed by atoms with Crippen molar-refractivity contribution in [3.05, 3.63) is 113 Å². The Hall–Kier alpha value is -3.93. The van der Waals surface area contributed by atoms with Crippen molar-refractivity contribution >= 4 is 17.5 Å². The van der Waals surface area contributed by atoms with E-state index in [1.54, 1.807) is 24.3 Å². The van der Waals surface area contributed by atoms with Gasteiger partial charge in [-0.25, -0.2) is 13.6 Å². The normalized spacial score (nSPS) is 10.7. The largest absolute Gasteiger partial charge is 0.423 e. The van der Waals surface area contributed by atoms with Crippen molar-refractivity contribution in [3.63, 3.8) is 0 Å². The summed E-state index contributed by atoms with van der Waals surface area (Å²) in [6, 6.07) is 17.4. The van der Waals surface area contributed by atoms with Gasteiger partial charge in [0.2, 0.25) is 0 Å². The van der Waals surface area contributed by atoms with Crippen LogP contribution in [-0.2, 0) is 4.79 Å². The number of carbonyl (C=O) groups is 3. The molecule has 0 amide bonds. The van der Waals surface area contributed by atoms with Crippen LogP contribution in [0.3, 0.4) is 0 Å². The summed E-state index contributed by atoms with van der Waals surface area (Å²) in [5.74, 6) is -3.71. The van der Waals surface area contributed by atoms with Gasteiger partial charge in [0.25, 0.3) is 0 Å². The van der Waals surface area contributed by atoms with Gasteiger partial charge in [0.15, 0.2) is 23.2 Å².